The van der Waals surface area contributed by atoms with E-state index in [1.807, 2.05) is 22.6 Å². The van der Waals surface area contributed by atoms with Crippen LogP contribution in [0.15, 0.2) is 24.4 Å². The lowest BCUT2D eigenvalue weighted by molar-refractivity contribution is -0.384. The predicted molar refractivity (Wildman–Crippen MR) is 76.1 cm³/mol. The SMILES string of the molecule is Nc1[nH]ncc1CNc1ccc(I)cc1[N+](=O)[O-]. The van der Waals surface area contributed by atoms with Gasteiger partial charge < -0.3 is 11.1 Å². The second-order valence-corrected chi connectivity index (χ2v) is 4.83. The molecule has 1 aromatic heterocycles. The van der Waals surface area contributed by atoms with Gasteiger partial charge in [0.2, 0.25) is 0 Å². The highest BCUT2D eigenvalue weighted by Crippen LogP contribution is 2.26. The molecule has 1 heterocycles. The Morgan fingerprint density at radius 1 is 1.56 bits per heavy atom. The minimum atomic E-state index is -0.413. The maximum absolute atomic E-state index is 10.9. The quantitative estimate of drug-likeness (QED) is 0.440. The van der Waals surface area contributed by atoms with E-state index < -0.39 is 4.92 Å². The molecule has 0 atom stereocenters. The van der Waals surface area contributed by atoms with Gasteiger partial charge in [-0.2, -0.15) is 5.10 Å². The van der Waals surface area contributed by atoms with E-state index in [4.69, 9.17) is 5.73 Å². The molecule has 7 nitrogen and oxygen atoms in total. The largest absolute Gasteiger partial charge is 0.384 e. The van der Waals surface area contributed by atoms with Crippen molar-refractivity contribution in [3.05, 3.63) is 43.6 Å². The number of hydrogen-bond acceptors (Lipinski definition) is 5. The van der Waals surface area contributed by atoms with Crippen LogP contribution in [0.2, 0.25) is 0 Å². The molecule has 2 aromatic rings. The van der Waals surface area contributed by atoms with Crippen molar-refractivity contribution in [1.82, 2.24) is 10.2 Å². The number of nitrogens with zero attached hydrogens (tertiary/aromatic N) is 2. The topological polar surface area (TPSA) is 110 Å². The van der Waals surface area contributed by atoms with Crippen molar-refractivity contribution in [3.63, 3.8) is 0 Å². The highest BCUT2D eigenvalue weighted by molar-refractivity contribution is 14.1. The first-order valence-electron chi connectivity index (χ1n) is 5.03. The van der Waals surface area contributed by atoms with Crippen LogP contribution in [-0.2, 0) is 6.54 Å². The van der Waals surface area contributed by atoms with Crippen molar-refractivity contribution in [2.45, 2.75) is 6.54 Å². The third-order valence-corrected chi connectivity index (χ3v) is 3.05. The summed E-state index contributed by atoms with van der Waals surface area (Å²) in [5.41, 5.74) is 6.90. The smallest absolute Gasteiger partial charge is 0.293 e. The molecule has 1 aromatic carbocycles. The third kappa shape index (κ3) is 2.70. The number of nitrogens with two attached hydrogens (primary N) is 1. The number of halogens is 1. The molecule has 0 bridgehead atoms. The van der Waals surface area contributed by atoms with Crippen LogP contribution in [0.1, 0.15) is 5.56 Å². The Hall–Kier alpha value is -1.84. The van der Waals surface area contributed by atoms with Crippen LogP contribution in [0.3, 0.4) is 0 Å². The number of hydrogen-bond donors (Lipinski definition) is 3. The van der Waals surface area contributed by atoms with Crippen LogP contribution < -0.4 is 11.1 Å². The summed E-state index contributed by atoms with van der Waals surface area (Å²) < 4.78 is 0.813. The van der Waals surface area contributed by atoms with Crippen molar-refractivity contribution in [2.24, 2.45) is 0 Å². The average molecular weight is 359 g/mol. The molecule has 94 valence electrons. The second kappa shape index (κ2) is 5.21. The number of aromatic nitrogens is 2. The van der Waals surface area contributed by atoms with Gasteiger partial charge in [-0.05, 0) is 34.7 Å². The van der Waals surface area contributed by atoms with Crippen molar-refractivity contribution < 1.29 is 4.92 Å². The molecule has 2 rings (SSSR count). The summed E-state index contributed by atoms with van der Waals surface area (Å²) in [6.45, 7) is 0.379. The van der Waals surface area contributed by atoms with E-state index in [2.05, 4.69) is 15.5 Å². The molecule has 0 fully saturated rings. The first-order chi connectivity index (χ1) is 8.58. The van der Waals surface area contributed by atoms with Crippen LogP contribution in [0.5, 0.6) is 0 Å². The first kappa shape index (κ1) is 12.6. The molecule has 0 amide bonds. The Bertz CT molecular complexity index is 583. The van der Waals surface area contributed by atoms with Crippen molar-refractivity contribution in [1.29, 1.82) is 0 Å². The standard InChI is InChI=1S/C10H10IN5O2/c11-7-1-2-8(9(3-7)16(17)18)13-4-6-5-14-15-10(6)12/h1-3,5,13H,4H2,(H3,12,14,15). The summed E-state index contributed by atoms with van der Waals surface area (Å²) in [4.78, 5) is 10.5. The number of rotatable bonds is 4. The molecule has 0 aliphatic carbocycles. The number of H-pyrrole nitrogens is 1. The zero-order valence-corrected chi connectivity index (χ0v) is 11.3. The summed E-state index contributed by atoms with van der Waals surface area (Å²) in [7, 11) is 0. The lowest BCUT2D eigenvalue weighted by atomic mass is 10.2. The Balaban J connectivity index is 2.19. The zero-order chi connectivity index (χ0) is 13.1. The predicted octanol–water partition coefficient (Wildman–Crippen LogP) is 2.12. The van der Waals surface area contributed by atoms with Gasteiger partial charge >= 0.3 is 0 Å². The summed E-state index contributed by atoms with van der Waals surface area (Å²) >= 11 is 2.03. The molecule has 4 N–H and O–H groups in total. The van der Waals surface area contributed by atoms with E-state index in [9.17, 15) is 10.1 Å². The summed E-state index contributed by atoms with van der Waals surface area (Å²) in [5.74, 6) is 0.454. The van der Waals surface area contributed by atoms with E-state index in [1.54, 1.807) is 18.3 Å². The molecule has 0 saturated carbocycles. The van der Waals surface area contributed by atoms with E-state index in [0.29, 0.717) is 18.1 Å². The van der Waals surface area contributed by atoms with Crippen LogP contribution >= 0.6 is 22.6 Å². The van der Waals surface area contributed by atoms with Crippen molar-refractivity contribution in [3.8, 4) is 0 Å². The van der Waals surface area contributed by atoms with Gasteiger partial charge in [0.1, 0.15) is 11.5 Å². The minimum Gasteiger partial charge on any atom is -0.384 e. The number of anilines is 2. The molecule has 0 aliphatic heterocycles. The first-order valence-corrected chi connectivity index (χ1v) is 6.11. The molecule has 0 unspecified atom stereocenters. The lowest BCUT2D eigenvalue weighted by Gasteiger charge is -2.06. The fourth-order valence-electron chi connectivity index (χ4n) is 1.46. The fraction of sp³-hybridized carbons (Fsp3) is 0.100. The minimum absolute atomic E-state index is 0.0453. The molecule has 0 aliphatic rings. The summed E-state index contributed by atoms with van der Waals surface area (Å²) in [5, 5.41) is 20.3. The Labute approximate surface area is 116 Å². The normalized spacial score (nSPS) is 10.3. The van der Waals surface area contributed by atoms with Crippen LogP contribution in [0.25, 0.3) is 0 Å². The maximum atomic E-state index is 10.9. The number of nitrogens with one attached hydrogen (secondary N) is 2. The Morgan fingerprint density at radius 2 is 2.33 bits per heavy atom. The van der Waals surface area contributed by atoms with E-state index in [1.165, 1.54) is 6.07 Å². The van der Waals surface area contributed by atoms with E-state index in [-0.39, 0.29) is 5.69 Å². The number of nitro benzene ring substituents is 1. The highest BCUT2D eigenvalue weighted by atomic mass is 127. The molecule has 0 saturated heterocycles. The van der Waals surface area contributed by atoms with Gasteiger partial charge in [0.05, 0.1) is 11.1 Å². The van der Waals surface area contributed by atoms with Gasteiger partial charge in [-0.15, -0.1) is 0 Å². The van der Waals surface area contributed by atoms with Gasteiger partial charge in [0, 0.05) is 21.7 Å². The lowest BCUT2D eigenvalue weighted by Crippen LogP contribution is -2.04. The number of nitrogen functional groups attached to an aromatic ring is 1. The van der Waals surface area contributed by atoms with Crippen LogP contribution in [0.4, 0.5) is 17.2 Å². The summed E-state index contributed by atoms with van der Waals surface area (Å²) in [6.07, 6.45) is 1.58. The maximum Gasteiger partial charge on any atom is 0.293 e. The molecule has 0 spiro atoms. The molecular formula is C10H10IN5O2. The van der Waals surface area contributed by atoms with Gasteiger partial charge in [-0.1, -0.05) is 0 Å². The fourth-order valence-corrected chi connectivity index (χ4v) is 1.93. The van der Waals surface area contributed by atoms with Crippen LogP contribution in [0, 0.1) is 13.7 Å². The van der Waals surface area contributed by atoms with Crippen molar-refractivity contribution >= 4 is 39.8 Å². The molecular weight excluding hydrogens is 349 g/mol. The van der Waals surface area contributed by atoms with Gasteiger partial charge in [0.25, 0.3) is 5.69 Å². The zero-order valence-electron chi connectivity index (χ0n) is 9.18. The monoisotopic (exact) mass is 359 g/mol. The van der Waals surface area contributed by atoms with Gasteiger partial charge in [0.15, 0.2) is 0 Å². The molecule has 18 heavy (non-hydrogen) atoms. The summed E-state index contributed by atoms with van der Waals surface area (Å²) in [6, 6.07) is 4.99. The average Bonchev–Trinajstić information content (AvgIpc) is 2.73. The van der Waals surface area contributed by atoms with E-state index in [0.717, 1.165) is 9.13 Å². The van der Waals surface area contributed by atoms with E-state index >= 15 is 0 Å². The van der Waals surface area contributed by atoms with Gasteiger partial charge in [-0.25, -0.2) is 0 Å². The van der Waals surface area contributed by atoms with Gasteiger partial charge in [-0.3, -0.25) is 15.2 Å². The third-order valence-electron chi connectivity index (χ3n) is 2.38. The number of aromatic amines is 1. The number of benzene rings is 1. The molecule has 0 radical (unpaired) electrons. The number of nitro groups is 1. The molecule has 8 heteroatoms. The van der Waals surface area contributed by atoms with Crippen LogP contribution in [-0.4, -0.2) is 15.1 Å². The Morgan fingerprint density at radius 3 is 2.94 bits per heavy atom. The van der Waals surface area contributed by atoms with Crippen molar-refractivity contribution in [2.75, 3.05) is 11.1 Å². The highest BCUT2D eigenvalue weighted by Gasteiger charge is 2.14. The second-order valence-electron chi connectivity index (χ2n) is 3.58. The Kier molecular flexibility index (Phi) is 3.65.